The van der Waals surface area contributed by atoms with Crippen molar-refractivity contribution in [2.45, 2.75) is 26.9 Å². The van der Waals surface area contributed by atoms with Crippen molar-refractivity contribution in [2.24, 2.45) is 0 Å². The fourth-order valence-electron chi connectivity index (χ4n) is 3.82. The number of fused-ring (bicyclic) bond motifs is 1. The molecule has 4 aromatic rings. The Morgan fingerprint density at radius 2 is 1.82 bits per heavy atom. The van der Waals surface area contributed by atoms with Crippen molar-refractivity contribution in [1.29, 1.82) is 0 Å². The normalized spacial score (nSPS) is 10.9. The molecule has 0 atom stereocenters. The third-order valence-corrected chi connectivity index (χ3v) is 5.46. The summed E-state index contributed by atoms with van der Waals surface area (Å²) in [6.07, 6.45) is 1.49. The molecule has 8 nitrogen and oxygen atoms in total. The fourth-order valence-corrected chi connectivity index (χ4v) is 3.82. The lowest BCUT2D eigenvalue weighted by atomic mass is 10.1. The van der Waals surface area contributed by atoms with Gasteiger partial charge >= 0.3 is 5.69 Å². The second-order valence-corrected chi connectivity index (χ2v) is 7.81. The van der Waals surface area contributed by atoms with Crippen LogP contribution < -0.4 is 21.3 Å². The van der Waals surface area contributed by atoms with E-state index in [1.54, 1.807) is 30.3 Å². The summed E-state index contributed by atoms with van der Waals surface area (Å²) in [5, 5.41) is 3.10. The van der Waals surface area contributed by atoms with Crippen LogP contribution in [-0.2, 0) is 17.9 Å². The molecule has 168 valence electrons. The third-order valence-electron chi connectivity index (χ3n) is 5.46. The van der Waals surface area contributed by atoms with Crippen LogP contribution in [0.15, 0.2) is 70.4 Å². The molecular weight excluding hydrogens is 420 g/mol. The van der Waals surface area contributed by atoms with E-state index in [2.05, 4.69) is 10.3 Å². The van der Waals surface area contributed by atoms with Gasteiger partial charge < -0.3 is 10.1 Å². The number of nitrogens with zero attached hydrogens (tertiary/aromatic N) is 3. The second-order valence-electron chi connectivity index (χ2n) is 7.81. The van der Waals surface area contributed by atoms with Crippen molar-refractivity contribution in [1.82, 2.24) is 14.1 Å². The zero-order chi connectivity index (χ0) is 23.5. The first-order chi connectivity index (χ1) is 15.9. The minimum absolute atomic E-state index is 0.00516. The Morgan fingerprint density at radius 3 is 2.58 bits per heavy atom. The van der Waals surface area contributed by atoms with E-state index in [0.717, 1.165) is 15.7 Å². The molecule has 0 bridgehead atoms. The van der Waals surface area contributed by atoms with E-state index in [4.69, 9.17) is 4.74 Å². The number of amides is 1. The van der Waals surface area contributed by atoms with E-state index in [9.17, 15) is 14.4 Å². The maximum Gasteiger partial charge on any atom is 0.333 e. The van der Waals surface area contributed by atoms with Gasteiger partial charge in [0.15, 0.2) is 0 Å². The first kappa shape index (κ1) is 22.0. The SMILES string of the molecule is COc1ccccc1Cn1c(=O)c2cccnc2n(CC(=O)Nc2ccc(C)cc2C)c1=O. The molecule has 1 N–H and O–H groups in total. The molecule has 0 spiro atoms. The van der Waals surface area contributed by atoms with Crippen molar-refractivity contribution < 1.29 is 9.53 Å². The van der Waals surface area contributed by atoms with Gasteiger partial charge in [0.25, 0.3) is 5.56 Å². The molecule has 8 heteroatoms. The average molecular weight is 444 g/mol. The van der Waals surface area contributed by atoms with Crippen molar-refractivity contribution in [3.8, 4) is 5.75 Å². The summed E-state index contributed by atoms with van der Waals surface area (Å²) in [5.74, 6) is 0.174. The second kappa shape index (κ2) is 9.12. The molecule has 4 rings (SSSR count). The number of aromatic nitrogens is 3. The zero-order valence-electron chi connectivity index (χ0n) is 18.7. The van der Waals surface area contributed by atoms with Crippen molar-refractivity contribution >= 4 is 22.6 Å². The molecule has 2 heterocycles. The van der Waals surface area contributed by atoms with E-state index in [0.29, 0.717) is 17.0 Å². The minimum Gasteiger partial charge on any atom is -0.496 e. The van der Waals surface area contributed by atoms with Crippen LogP contribution in [0.25, 0.3) is 11.0 Å². The number of hydrogen-bond donors (Lipinski definition) is 1. The van der Waals surface area contributed by atoms with Crippen molar-refractivity contribution in [3.05, 3.63) is 98.3 Å². The van der Waals surface area contributed by atoms with Gasteiger partial charge in [-0.15, -0.1) is 0 Å². The molecule has 0 saturated heterocycles. The lowest BCUT2D eigenvalue weighted by Crippen LogP contribution is -2.42. The minimum atomic E-state index is -0.618. The molecule has 0 aliphatic heterocycles. The maximum absolute atomic E-state index is 13.4. The summed E-state index contributed by atoms with van der Waals surface area (Å²) in [7, 11) is 1.53. The Balaban J connectivity index is 1.77. The zero-order valence-corrected chi connectivity index (χ0v) is 18.7. The Morgan fingerprint density at radius 1 is 1.03 bits per heavy atom. The van der Waals surface area contributed by atoms with Crippen molar-refractivity contribution in [2.75, 3.05) is 12.4 Å². The van der Waals surface area contributed by atoms with Gasteiger partial charge in [-0.1, -0.05) is 35.9 Å². The summed E-state index contributed by atoms with van der Waals surface area (Å²) < 4.78 is 7.70. The van der Waals surface area contributed by atoms with Gasteiger partial charge in [0, 0.05) is 17.4 Å². The number of ether oxygens (including phenoxy) is 1. The molecule has 2 aromatic heterocycles. The highest BCUT2D eigenvalue weighted by Gasteiger charge is 2.18. The monoisotopic (exact) mass is 444 g/mol. The van der Waals surface area contributed by atoms with Crippen LogP contribution in [0.3, 0.4) is 0 Å². The highest BCUT2D eigenvalue weighted by molar-refractivity contribution is 5.92. The van der Waals surface area contributed by atoms with Gasteiger partial charge in [-0.05, 0) is 43.7 Å². The smallest absolute Gasteiger partial charge is 0.333 e. The number of nitrogens with one attached hydrogen (secondary N) is 1. The Kier molecular flexibility index (Phi) is 6.08. The molecule has 0 saturated carbocycles. The van der Waals surface area contributed by atoms with Gasteiger partial charge in [-0.2, -0.15) is 0 Å². The largest absolute Gasteiger partial charge is 0.496 e. The number of anilines is 1. The van der Waals surface area contributed by atoms with Crippen LogP contribution in [0.5, 0.6) is 5.75 Å². The van der Waals surface area contributed by atoms with Gasteiger partial charge in [-0.3, -0.25) is 18.7 Å². The summed E-state index contributed by atoms with van der Waals surface area (Å²) in [6, 6.07) is 16.1. The molecule has 0 aliphatic rings. The molecule has 0 radical (unpaired) electrons. The lowest BCUT2D eigenvalue weighted by Gasteiger charge is -2.15. The highest BCUT2D eigenvalue weighted by Crippen LogP contribution is 2.18. The van der Waals surface area contributed by atoms with Crippen LogP contribution in [0.4, 0.5) is 5.69 Å². The lowest BCUT2D eigenvalue weighted by molar-refractivity contribution is -0.116. The van der Waals surface area contributed by atoms with Crippen LogP contribution in [0, 0.1) is 13.8 Å². The molecule has 1 amide bonds. The van der Waals surface area contributed by atoms with Crippen LogP contribution in [0.2, 0.25) is 0 Å². The molecule has 0 fully saturated rings. The van der Waals surface area contributed by atoms with Gasteiger partial charge in [-0.25, -0.2) is 9.78 Å². The Bertz CT molecular complexity index is 1470. The molecule has 0 aliphatic carbocycles. The quantitative estimate of drug-likeness (QED) is 0.493. The third kappa shape index (κ3) is 4.41. The molecule has 2 aromatic carbocycles. The topological polar surface area (TPSA) is 95.2 Å². The van der Waals surface area contributed by atoms with Gasteiger partial charge in [0.1, 0.15) is 17.9 Å². The summed E-state index contributed by atoms with van der Waals surface area (Å²) >= 11 is 0. The standard InChI is InChI=1S/C25H24N4O4/c1-16-10-11-20(17(2)13-16)27-22(30)15-28-23-19(8-6-12-26-23)24(31)29(25(28)32)14-18-7-4-5-9-21(18)33-3/h4-13H,14-15H2,1-3H3,(H,27,30). The number of aryl methyl sites for hydroxylation is 2. The molecule has 33 heavy (non-hydrogen) atoms. The number of para-hydroxylation sites is 1. The number of carbonyl (C=O) groups is 1. The number of carbonyl (C=O) groups excluding carboxylic acids is 1. The predicted molar refractivity (Wildman–Crippen MR) is 127 cm³/mol. The number of hydrogen-bond acceptors (Lipinski definition) is 5. The van der Waals surface area contributed by atoms with E-state index >= 15 is 0 Å². The number of pyridine rings is 1. The van der Waals surface area contributed by atoms with Crippen molar-refractivity contribution in [3.63, 3.8) is 0 Å². The first-order valence-corrected chi connectivity index (χ1v) is 10.5. The van der Waals surface area contributed by atoms with Crippen LogP contribution in [-0.4, -0.2) is 27.1 Å². The van der Waals surface area contributed by atoms with Gasteiger partial charge in [0.05, 0.1) is 19.0 Å². The molecular formula is C25H24N4O4. The summed E-state index contributed by atoms with van der Waals surface area (Å²) in [4.78, 5) is 43.6. The van der Waals surface area contributed by atoms with Crippen LogP contribution >= 0.6 is 0 Å². The Hall–Kier alpha value is -4.20. The maximum atomic E-state index is 13.4. The Labute approximate surface area is 190 Å². The average Bonchev–Trinajstić information content (AvgIpc) is 2.81. The summed E-state index contributed by atoms with van der Waals surface area (Å²) in [6.45, 7) is 3.59. The highest BCUT2D eigenvalue weighted by atomic mass is 16.5. The van der Waals surface area contributed by atoms with Crippen LogP contribution in [0.1, 0.15) is 16.7 Å². The molecule has 0 unspecified atom stereocenters. The van der Waals surface area contributed by atoms with E-state index in [1.165, 1.54) is 17.9 Å². The van der Waals surface area contributed by atoms with E-state index < -0.39 is 17.2 Å². The van der Waals surface area contributed by atoms with E-state index in [-0.39, 0.29) is 24.1 Å². The number of methoxy groups -OCH3 is 1. The first-order valence-electron chi connectivity index (χ1n) is 10.5. The number of benzene rings is 2. The predicted octanol–water partition coefficient (Wildman–Crippen LogP) is 2.87. The number of rotatable bonds is 6. The fraction of sp³-hybridized carbons (Fsp3) is 0.200. The van der Waals surface area contributed by atoms with Gasteiger partial charge in [0.2, 0.25) is 5.91 Å². The summed E-state index contributed by atoms with van der Waals surface area (Å²) in [5.41, 5.74) is 2.42. The van der Waals surface area contributed by atoms with E-state index in [1.807, 2.05) is 38.1 Å².